The molecule has 0 fully saturated rings. The maximum atomic E-state index is 12.7. The van der Waals surface area contributed by atoms with Crippen LogP contribution in [0.25, 0.3) is 0 Å². The molecule has 0 aliphatic rings. The molecule has 3 aromatic carbocycles. The summed E-state index contributed by atoms with van der Waals surface area (Å²) >= 11 is 0. The summed E-state index contributed by atoms with van der Waals surface area (Å²) in [6, 6.07) is 18.0. The third kappa shape index (κ3) is 13.4. The van der Waals surface area contributed by atoms with Crippen LogP contribution in [0.2, 0.25) is 0 Å². The topological polar surface area (TPSA) is 108 Å². The summed E-state index contributed by atoms with van der Waals surface area (Å²) in [5.74, 6) is 0.831. The van der Waals surface area contributed by atoms with Crippen molar-refractivity contribution >= 4 is 11.9 Å². The Morgan fingerprint density at radius 2 is 0.978 bits per heavy atom. The van der Waals surface area contributed by atoms with E-state index in [0.29, 0.717) is 106 Å². The van der Waals surface area contributed by atoms with E-state index < -0.39 is 11.9 Å². The van der Waals surface area contributed by atoms with Crippen LogP contribution in [0.1, 0.15) is 26.3 Å². The zero-order chi connectivity index (χ0) is 32.1. The van der Waals surface area contributed by atoms with Crippen molar-refractivity contribution < 1.29 is 47.5 Å². The van der Waals surface area contributed by atoms with Crippen molar-refractivity contribution in [2.24, 2.45) is 0 Å². The Balaban J connectivity index is 1.39. The van der Waals surface area contributed by atoms with Crippen molar-refractivity contribution in [3.05, 3.63) is 109 Å². The largest absolute Gasteiger partial charge is 0.491 e. The lowest BCUT2D eigenvalue weighted by Crippen LogP contribution is -2.12. The van der Waals surface area contributed by atoms with Gasteiger partial charge in [0.1, 0.15) is 36.2 Å². The summed E-state index contributed by atoms with van der Waals surface area (Å²) < 4.78 is 43.7. The lowest BCUT2D eigenvalue weighted by Gasteiger charge is -2.11. The SMILES string of the molecule is C=CCOCCOCCOc1ccc(C(=O)Oc2ccc(OC(=O)c3ccc(OCCOCCOCC=C)cc3)c(C)c2)cc1. The van der Waals surface area contributed by atoms with Crippen LogP contribution in [0, 0.1) is 6.92 Å². The summed E-state index contributed by atoms with van der Waals surface area (Å²) in [6.07, 6.45) is 3.37. The van der Waals surface area contributed by atoms with E-state index in [-0.39, 0.29) is 0 Å². The molecule has 0 N–H and O–H groups in total. The Morgan fingerprint density at radius 3 is 1.44 bits per heavy atom. The van der Waals surface area contributed by atoms with Crippen LogP contribution in [0.4, 0.5) is 0 Å². The van der Waals surface area contributed by atoms with E-state index >= 15 is 0 Å². The van der Waals surface area contributed by atoms with Crippen LogP contribution in [-0.4, -0.2) is 78.0 Å². The number of esters is 2. The van der Waals surface area contributed by atoms with Crippen LogP contribution in [0.5, 0.6) is 23.0 Å². The average Bonchev–Trinajstić information content (AvgIpc) is 3.05. The smallest absolute Gasteiger partial charge is 0.343 e. The second kappa shape index (κ2) is 20.5. The van der Waals surface area contributed by atoms with Crippen molar-refractivity contribution in [2.75, 3.05) is 66.1 Å². The van der Waals surface area contributed by atoms with Gasteiger partial charge >= 0.3 is 11.9 Å². The summed E-state index contributed by atoms with van der Waals surface area (Å²) in [7, 11) is 0. The van der Waals surface area contributed by atoms with E-state index in [1.165, 1.54) is 0 Å². The minimum absolute atomic E-state index is 0.321. The fraction of sp³-hybridized carbons (Fsp3) is 0.314. The molecule has 45 heavy (non-hydrogen) atoms. The Bertz CT molecular complexity index is 1340. The van der Waals surface area contributed by atoms with Gasteiger partial charge in [0.15, 0.2) is 0 Å². The molecule has 0 spiro atoms. The quantitative estimate of drug-likeness (QED) is 0.0607. The van der Waals surface area contributed by atoms with Crippen LogP contribution in [-0.2, 0) is 18.9 Å². The molecule has 0 saturated heterocycles. The van der Waals surface area contributed by atoms with E-state index in [0.717, 1.165) is 0 Å². The van der Waals surface area contributed by atoms with Crippen LogP contribution >= 0.6 is 0 Å². The summed E-state index contributed by atoms with van der Waals surface area (Å²) in [4.78, 5) is 25.3. The standard InChI is InChI=1S/C35H40O10/c1-4-16-38-18-20-40-22-24-42-30-10-6-28(7-11-30)34(36)44-32-14-15-33(27(3)26-32)45-35(37)29-8-12-31(13-9-29)43-25-23-41-21-19-39-17-5-2/h4-15,26H,1-2,16-25H2,3H3. The van der Waals surface area contributed by atoms with Gasteiger partial charge in [-0.25, -0.2) is 9.59 Å². The number of rotatable bonds is 22. The molecule has 0 aliphatic carbocycles. The number of benzene rings is 3. The molecule has 0 saturated carbocycles. The van der Waals surface area contributed by atoms with Crippen molar-refractivity contribution in [3.63, 3.8) is 0 Å². The monoisotopic (exact) mass is 620 g/mol. The number of hydrogen-bond donors (Lipinski definition) is 0. The molecule has 0 bridgehead atoms. The molecule has 0 aromatic heterocycles. The summed E-state index contributed by atoms with van der Waals surface area (Å²) in [6.45, 7) is 13.4. The number of hydrogen-bond acceptors (Lipinski definition) is 10. The van der Waals surface area contributed by atoms with Gasteiger partial charge in [-0.05, 0) is 79.2 Å². The van der Waals surface area contributed by atoms with E-state index in [2.05, 4.69) is 13.2 Å². The number of carbonyl (C=O) groups excluding carboxylic acids is 2. The van der Waals surface area contributed by atoms with Gasteiger partial charge in [0.25, 0.3) is 0 Å². The fourth-order valence-corrected chi connectivity index (χ4v) is 3.71. The molecule has 240 valence electrons. The zero-order valence-corrected chi connectivity index (χ0v) is 25.6. The summed E-state index contributed by atoms with van der Waals surface area (Å²) in [5, 5.41) is 0. The molecule has 0 unspecified atom stereocenters. The van der Waals surface area contributed by atoms with Crippen LogP contribution < -0.4 is 18.9 Å². The van der Waals surface area contributed by atoms with Gasteiger partial charge in [-0.15, -0.1) is 13.2 Å². The van der Waals surface area contributed by atoms with Crippen LogP contribution in [0.3, 0.4) is 0 Å². The predicted octanol–water partition coefficient (Wildman–Crippen LogP) is 5.63. The molecule has 10 heteroatoms. The lowest BCUT2D eigenvalue weighted by atomic mass is 10.2. The second-order valence-electron chi connectivity index (χ2n) is 9.40. The molecule has 0 aliphatic heterocycles. The van der Waals surface area contributed by atoms with Crippen molar-refractivity contribution in [1.82, 2.24) is 0 Å². The number of carbonyl (C=O) groups is 2. The molecule has 10 nitrogen and oxygen atoms in total. The maximum absolute atomic E-state index is 12.7. The fourth-order valence-electron chi connectivity index (χ4n) is 3.71. The van der Waals surface area contributed by atoms with Gasteiger partial charge in [0.2, 0.25) is 0 Å². The first-order valence-electron chi connectivity index (χ1n) is 14.5. The van der Waals surface area contributed by atoms with Gasteiger partial charge in [0.05, 0.1) is 64.0 Å². The highest BCUT2D eigenvalue weighted by atomic mass is 16.6. The van der Waals surface area contributed by atoms with Crippen molar-refractivity contribution in [3.8, 4) is 23.0 Å². The van der Waals surface area contributed by atoms with E-state index in [4.69, 9.17) is 37.9 Å². The molecule has 3 rings (SSSR count). The van der Waals surface area contributed by atoms with Gasteiger partial charge in [0, 0.05) is 0 Å². The number of ether oxygens (including phenoxy) is 8. The molecule has 0 radical (unpaired) electrons. The summed E-state index contributed by atoms with van der Waals surface area (Å²) in [5.41, 5.74) is 1.35. The van der Waals surface area contributed by atoms with E-state index in [9.17, 15) is 9.59 Å². The molecular weight excluding hydrogens is 580 g/mol. The van der Waals surface area contributed by atoms with Crippen LogP contribution in [0.15, 0.2) is 92.0 Å². The highest BCUT2D eigenvalue weighted by Crippen LogP contribution is 2.25. The number of aryl methyl sites for hydroxylation is 1. The van der Waals surface area contributed by atoms with Gasteiger partial charge < -0.3 is 37.9 Å². The Morgan fingerprint density at radius 1 is 0.556 bits per heavy atom. The third-order valence-electron chi connectivity index (χ3n) is 5.95. The highest BCUT2D eigenvalue weighted by Gasteiger charge is 2.14. The third-order valence-corrected chi connectivity index (χ3v) is 5.95. The molecular formula is C35H40O10. The van der Waals surface area contributed by atoms with Crippen molar-refractivity contribution in [2.45, 2.75) is 6.92 Å². The molecule has 0 heterocycles. The van der Waals surface area contributed by atoms with Gasteiger partial charge in [-0.3, -0.25) is 0 Å². The maximum Gasteiger partial charge on any atom is 0.343 e. The van der Waals surface area contributed by atoms with E-state index in [1.54, 1.807) is 85.8 Å². The normalized spacial score (nSPS) is 10.6. The first-order chi connectivity index (χ1) is 22.0. The minimum Gasteiger partial charge on any atom is -0.491 e. The first-order valence-corrected chi connectivity index (χ1v) is 14.5. The minimum atomic E-state index is -0.528. The second-order valence-corrected chi connectivity index (χ2v) is 9.40. The molecule has 0 amide bonds. The Kier molecular flexibility index (Phi) is 15.9. The van der Waals surface area contributed by atoms with Gasteiger partial charge in [-0.1, -0.05) is 12.2 Å². The average molecular weight is 621 g/mol. The highest BCUT2D eigenvalue weighted by molar-refractivity contribution is 5.92. The first kappa shape index (κ1) is 35.0. The zero-order valence-electron chi connectivity index (χ0n) is 25.6. The van der Waals surface area contributed by atoms with E-state index in [1.807, 2.05) is 0 Å². The Hall–Kier alpha value is -4.48. The lowest BCUT2D eigenvalue weighted by molar-refractivity contribution is 0.0449. The van der Waals surface area contributed by atoms with Gasteiger partial charge in [-0.2, -0.15) is 0 Å². The van der Waals surface area contributed by atoms with Crippen molar-refractivity contribution in [1.29, 1.82) is 0 Å². The predicted molar refractivity (Wildman–Crippen MR) is 169 cm³/mol. The molecule has 3 aromatic rings. The molecule has 0 atom stereocenters. The Labute approximate surface area is 264 Å².